The summed E-state index contributed by atoms with van der Waals surface area (Å²) in [6.45, 7) is 0. The predicted octanol–water partition coefficient (Wildman–Crippen LogP) is 2.43. The molecule has 2 N–H and O–H groups in total. The van der Waals surface area contributed by atoms with Gasteiger partial charge in [-0.05, 0) is 29.8 Å². The highest BCUT2D eigenvalue weighted by atomic mass is 35.5. The number of benzene rings is 1. The van der Waals surface area contributed by atoms with Crippen LogP contribution in [0.1, 0.15) is 5.56 Å². The molecule has 0 saturated carbocycles. The predicted molar refractivity (Wildman–Crippen MR) is 70.9 cm³/mol. The summed E-state index contributed by atoms with van der Waals surface area (Å²) in [5.74, 6) is -1.02. The zero-order valence-corrected chi connectivity index (χ0v) is 11.2. The van der Waals surface area contributed by atoms with Crippen molar-refractivity contribution in [2.24, 2.45) is 0 Å². The molecule has 0 saturated heterocycles. The highest BCUT2D eigenvalue weighted by Gasteiger charge is 2.20. The number of rotatable bonds is 3. The zero-order valence-electron chi connectivity index (χ0n) is 9.68. The Morgan fingerprint density at radius 1 is 1.32 bits per heavy atom. The lowest BCUT2D eigenvalue weighted by atomic mass is 10.3. The van der Waals surface area contributed by atoms with Crippen LogP contribution in [0.5, 0.6) is 0 Å². The molecule has 0 aliphatic carbocycles. The van der Waals surface area contributed by atoms with Gasteiger partial charge >= 0.3 is 0 Å². The van der Waals surface area contributed by atoms with Crippen LogP contribution in [-0.4, -0.2) is 13.4 Å². The zero-order chi connectivity index (χ0) is 14.0. The van der Waals surface area contributed by atoms with Gasteiger partial charge in [0, 0.05) is 12.4 Å². The van der Waals surface area contributed by atoms with Crippen molar-refractivity contribution in [3.05, 3.63) is 53.1 Å². The highest BCUT2D eigenvalue weighted by molar-refractivity contribution is 7.90. The molecule has 0 fully saturated rings. The van der Waals surface area contributed by atoms with E-state index in [1.54, 1.807) is 0 Å². The SMILES string of the molecule is Nc1ccc(F)cc1S(=O)(=O)Cc1ccncc1Cl. The standard InChI is InChI=1S/C12H10ClFN2O2S/c13-10-6-16-4-3-8(10)7-19(17,18)12-5-9(14)1-2-11(12)15/h1-6H,7,15H2. The molecule has 1 heterocycles. The molecule has 2 rings (SSSR count). The minimum absolute atomic E-state index is 0.00609. The number of halogens is 2. The molecule has 19 heavy (non-hydrogen) atoms. The summed E-state index contributed by atoms with van der Waals surface area (Å²) in [4.78, 5) is 3.53. The molecule has 1 aromatic heterocycles. The highest BCUT2D eigenvalue weighted by Crippen LogP contribution is 2.25. The van der Waals surface area contributed by atoms with E-state index in [9.17, 15) is 12.8 Å². The van der Waals surface area contributed by atoms with E-state index < -0.39 is 15.7 Å². The molecule has 0 bridgehead atoms. The van der Waals surface area contributed by atoms with E-state index in [1.807, 2.05) is 0 Å². The van der Waals surface area contributed by atoms with Crippen LogP contribution in [0.25, 0.3) is 0 Å². The van der Waals surface area contributed by atoms with Gasteiger partial charge in [0.1, 0.15) is 5.82 Å². The summed E-state index contributed by atoms with van der Waals surface area (Å²) in [6, 6.07) is 4.72. The first-order valence-electron chi connectivity index (χ1n) is 5.26. The van der Waals surface area contributed by atoms with Gasteiger partial charge in [-0.15, -0.1) is 0 Å². The number of aromatic nitrogens is 1. The van der Waals surface area contributed by atoms with E-state index in [0.29, 0.717) is 5.56 Å². The van der Waals surface area contributed by atoms with Crippen molar-refractivity contribution in [1.29, 1.82) is 0 Å². The molecular formula is C12H10ClFN2O2S. The summed E-state index contributed by atoms with van der Waals surface area (Å²) in [7, 11) is -3.77. The Bertz CT molecular complexity index is 719. The van der Waals surface area contributed by atoms with Crippen molar-refractivity contribution in [2.75, 3.05) is 5.73 Å². The average Bonchev–Trinajstić information content (AvgIpc) is 2.35. The molecule has 0 aliphatic rings. The molecular weight excluding hydrogens is 291 g/mol. The van der Waals surface area contributed by atoms with Crippen molar-refractivity contribution in [3.63, 3.8) is 0 Å². The Labute approximate surface area is 115 Å². The number of pyridine rings is 1. The van der Waals surface area contributed by atoms with Crippen LogP contribution in [-0.2, 0) is 15.6 Å². The van der Waals surface area contributed by atoms with Gasteiger partial charge in [0.2, 0.25) is 0 Å². The number of hydrogen-bond acceptors (Lipinski definition) is 4. The number of anilines is 1. The van der Waals surface area contributed by atoms with Crippen LogP contribution < -0.4 is 5.73 Å². The van der Waals surface area contributed by atoms with Gasteiger partial charge in [0.25, 0.3) is 0 Å². The van der Waals surface area contributed by atoms with Crippen LogP contribution in [0.15, 0.2) is 41.6 Å². The first kappa shape index (κ1) is 13.8. The largest absolute Gasteiger partial charge is 0.398 e. The number of hydrogen-bond donors (Lipinski definition) is 1. The Morgan fingerprint density at radius 2 is 2.05 bits per heavy atom. The van der Waals surface area contributed by atoms with Crippen LogP contribution in [0.2, 0.25) is 5.02 Å². The summed E-state index contributed by atoms with van der Waals surface area (Å²) in [5, 5.41) is 0.237. The number of sulfone groups is 1. The second kappa shape index (κ2) is 5.14. The van der Waals surface area contributed by atoms with Crippen molar-refractivity contribution >= 4 is 27.1 Å². The lowest BCUT2D eigenvalue weighted by Gasteiger charge is -2.08. The lowest BCUT2D eigenvalue weighted by molar-refractivity contribution is 0.590. The van der Waals surface area contributed by atoms with Crippen molar-refractivity contribution in [1.82, 2.24) is 4.98 Å². The van der Waals surface area contributed by atoms with Crippen molar-refractivity contribution in [3.8, 4) is 0 Å². The lowest BCUT2D eigenvalue weighted by Crippen LogP contribution is -2.09. The van der Waals surface area contributed by atoms with E-state index in [2.05, 4.69) is 4.98 Å². The summed E-state index contributed by atoms with van der Waals surface area (Å²) >= 11 is 5.86. The van der Waals surface area contributed by atoms with Gasteiger partial charge in [-0.2, -0.15) is 0 Å². The summed E-state index contributed by atoms with van der Waals surface area (Å²) in [5.41, 5.74) is 5.97. The van der Waals surface area contributed by atoms with Gasteiger partial charge in [0.05, 0.1) is 21.4 Å². The molecule has 0 atom stereocenters. The second-order valence-electron chi connectivity index (χ2n) is 3.91. The fourth-order valence-electron chi connectivity index (χ4n) is 1.58. The second-order valence-corrected chi connectivity index (χ2v) is 6.27. The normalized spacial score (nSPS) is 11.5. The van der Waals surface area contributed by atoms with Crippen LogP contribution in [0, 0.1) is 5.82 Å². The molecule has 0 spiro atoms. The third-order valence-corrected chi connectivity index (χ3v) is 4.57. The fourth-order valence-corrected chi connectivity index (χ4v) is 3.38. The molecule has 1 aromatic carbocycles. The Balaban J connectivity index is 2.44. The van der Waals surface area contributed by atoms with E-state index in [4.69, 9.17) is 17.3 Å². The summed E-state index contributed by atoms with van der Waals surface area (Å²) < 4.78 is 37.5. The molecule has 0 radical (unpaired) electrons. The Hall–Kier alpha value is -1.66. The van der Waals surface area contributed by atoms with Crippen LogP contribution in [0.4, 0.5) is 10.1 Å². The van der Waals surface area contributed by atoms with E-state index in [1.165, 1.54) is 24.5 Å². The van der Waals surface area contributed by atoms with Gasteiger partial charge < -0.3 is 5.73 Å². The van der Waals surface area contributed by atoms with Crippen LogP contribution in [0.3, 0.4) is 0 Å². The molecule has 0 aliphatic heterocycles. The van der Waals surface area contributed by atoms with Crippen molar-refractivity contribution in [2.45, 2.75) is 10.6 Å². The van der Waals surface area contributed by atoms with E-state index in [0.717, 1.165) is 12.1 Å². The van der Waals surface area contributed by atoms with Gasteiger partial charge in [-0.25, -0.2) is 12.8 Å². The molecule has 0 unspecified atom stereocenters. The molecule has 100 valence electrons. The number of nitrogen functional groups attached to an aromatic ring is 1. The van der Waals surface area contributed by atoms with Crippen LogP contribution >= 0.6 is 11.6 Å². The first-order chi connectivity index (χ1) is 8.90. The summed E-state index contributed by atoms with van der Waals surface area (Å²) in [6.07, 6.45) is 2.78. The topological polar surface area (TPSA) is 73.1 Å². The molecule has 0 amide bonds. The molecule has 4 nitrogen and oxygen atoms in total. The van der Waals surface area contributed by atoms with E-state index >= 15 is 0 Å². The number of nitrogens with two attached hydrogens (primary N) is 1. The maximum Gasteiger partial charge on any atom is 0.184 e. The maximum atomic E-state index is 13.1. The van der Waals surface area contributed by atoms with Gasteiger partial charge in [0.15, 0.2) is 9.84 Å². The minimum Gasteiger partial charge on any atom is -0.398 e. The smallest absolute Gasteiger partial charge is 0.184 e. The fraction of sp³-hybridized carbons (Fsp3) is 0.0833. The quantitative estimate of drug-likeness (QED) is 0.884. The van der Waals surface area contributed by atoms with Crippen molar-refractivity contribution < 1.29 is 12.8 Å². The van der Waals surface area contributed by atoms with Gasteiger partial charge in [-0.3, -0.25) is 4.98 Å². The Morgan fingerprint density at radius 3 is 2.74 bits per heavy atom. The molecule has 7 heteroatoms. The first-order valence-corrected chi connectivity index (χ1v) is 7.29. The maximum absolute atomic E-state index is 13.1. The van der Waals surface area contributed by atoms with Gasteiger partial charge in [-0.1, -0.05) is 11.6 Å². The number of nitrogens with zero attached hydrogens (tertiary/aromatic N) is 1. The third-order valence-electron chi connectivity index (χ3n) is 2.51. The minimum atomic E-state index is -3.77. The van der Waals surface area contributed by atoms with E-state index in [-0.39, 0.29) is 21.4 Å². The Kier molecular flexibility index (Phi) is 3.73. The molecule has 2 aromatic rings. The average molecular weight is 301 g/mol. The third kappa shape index (κ3) is 3.02. The monoisotopic (exact) mass is 300 g/mol.